The van der Waals surface area contributed by atoms with Gasteiger partial charge in [0.25, 0.3) is 0 Å². The lowest BCUT2D eigenvalue weighted by molar-refractivity contribution is -0.115. The Balaban J connectivity index is 1.48. The van der Waals surface area contributed by atoms with Crippen LogP contribution in [0.5, 0.6) is 0 Å². The molecule has 4 aromatic rings. The highest BCUT2D eigenvalue weighted by molar-refractivity contribution is 7.17. The first-order chi connectivity index (χ1) is 15.8. The number of esters is 1. The van der Waals surface area contributed by atoms with E-state index in [0.717, 1.165) is 27.4 Å². The minimum Gasteiger partial charge on any atom is -0.455 e. The summed E-state index contributed by atoms with van der Waals surface area (Å²) in [6, 6.07) is 15.6. The molecule has 0 aliphatic carbocycles. The normalized spacial score (nSPS) is 10.8. The van der Waals surface area contributed by atoms with Gasteiger partial charge < -0.3 is 4.74 Å². The lowest BCUT2D eigenvalue weighted by atomic mass is 10.1. The van der Waals surface area contributed by atoms with E-state index in [2.05, 4.69) is 9.97 Å². The van der Waals surface area contributed by atoms with Crippen LogP contribution in [-0.2, 0) is 16.1 Å². The average Bonchev–Trinajstić information content (AvgIpc) is 3.41. The van der Waals surface area contributed by atoms with Crippen molar-refractivity contribution in [2.75, 3.05) is 4.90 Å². The van der Waals surface area contributed by atoms with Gasteiger partial charge in [-0.3, -0.25) is 9.69 Å². The number of thiazole rings is 2. The topological polar surface area (TPSA) is 72.4 Å². The van der Waals surface area contributed by atoms with Crippen LogP contribution in [0, 0.1) is 20.8 Å². The van der Waals surface area contributed by atoms with Crippen LogP contribution in [0.25, 0.3) is 10.6 Å². The van der Waals surface area contributed by atoms with Gasteiger partial charge in [-0.05, 0) is 32.4 Å². The van der Waals surface area contributed by atoms with Crippen molar-refractivity contribution in [3.05, 3.63) is 81.3 Å². The fourth-order valence-electron chi connectivity index (χ4n) is 3.42. The number of rotatable bonds is 6. The zero-order chi connectivity index (χ0) is 23.5. The molecule has 1 amide bonds. The number of anilines is 2. The van der Waals surface area contributed by atoms with E-state index in [1.165, 1.54) is 29.6 Å². The molecule has 2 aromatic carbocycles. The van der Waals surface area contributed by atoms with Gasteiger partial charge in [0.15, 0.2) is 5.13 Å². The van der Waals surface area contributed by atoms with Crippen LogP contribution < -0.4 is 4.90 Å². The van der Waals surface area contributed by atoms with Crippen LogP contribution >= 0.6 is 22.7 Å². The van der Waals surface area contributed by atoms with Crippen molar-refractivity contribution in [3.63, 3.8) is 0 Å². The van der Waals surface area contributed by atoms with E-state index in [0.29, 0.717) is 21.4 Å². The third-order valence-corrected chi connectivity index (χ3v) is 7.05. The summed E-state index contributed by atoms with van der Waals surface area (Å²) in [5.41, 5.74) is 5.10. The first-order valence-corrected chi connectivity index (χ1v) is 12.1. The van der Waals surface area contributed by atoms with Crippen LogP contribution in [0.4, 0.5) is 10.8 Å². The third-order valence-electron chi connectivity index (χ3n) is 4.99. The summed E-state index contributed by atoms with van der Waals surface area (Å²) in [6.07, 6.45) is 0. The van der Waals surface area contributed by atoms with E-state index in [1.807, 2.05) is 62.4 Å². The van der Waals surface area contributed by atoms with E-state index in [4.69, 9.17) is 4.74 Å². The largest absolute Gasteiger partial charge is 0.455 e. The van der Waals surface area contributed by atoms with E-state index in [-0.39, 0.29) is 12.5 Å². The number of ether oxygens (including phenoxy) is 1. The Morgan fingerprint density at radius 1 is 1.03 bits per heavy atom. The summed E-state index contributed by atoms with van der Waals surface area (Å²) in [5, 5.41) is 3.12. The lowest BCUT2D eigenvalue weighted by Gasteiger charge is -2.20. The van der Waals surface area contributed by atoms with Crippen molar-refractivity contribution < 1.29 is 14.3 Å². The monoisotopic (exact) mass is 477 g/mol. The molecule has 6 nitrogen and oxygen atoms in total. The molecule has 0 fully saturated rings. The highest BCUT2D eigenvalue weighted by Crippen LogP contribution is 2.32. The van der Waals surface area contributed by atoms with Gasteiger partial charge in [-0.15, -0.1) is 22.7 Å². The molecule has 0 saturated carbocycles. The standard InChI is InChI=1S/C25H23N3O3S2/c1-15-10-11-21(16(2)12-15)28(18(4)29)25-27-20(14-32-25)13-31-24(30)22-17(3)26-23(33-22)19-8-6-5-7-9-19/h5-12,14H,13H2,1-4H3. The van der Waals surface area contributed by atoms with Crippen LogP contribution in [0.1, 0.15) is 39.1 Å². The summed E-state index contributed by atoms with van der Waals surface area (Å²) in [5.74, 6) is -0.562. The molecule has 8 heteroatoms. The number of aromatic nitrogens is 2. The highest BCUT2D eigenvalue weighted by Gasteiger charge is 2.21. The van der Waals surface area contributed by atoms with Crippen LogP contribution in [0.2, 0.25) is 0 Å². The van der Waals surface area contributed by atoms with Crippen molar-refractivity contribution in [2.24, 2.45) is 0 Å². The molecule has 2 aromatic heterocycles. The minimum atomic E-state index is -0.431. The van der Waals surface area contributed by atoms with Gasteiger partial charge in [-0.2, -0.15) is 0 Å². The molecular weight excluding hydrogens is 454 g/mol. The number of carbonyl (C=O) groups excluding carboxylic acids is 2. The lowest BCUT2D eigenvalue weighted by Crippen LogP contribution is -2.23. The highest BCUT2D eigenvalue weighted by atomic mass is 32.1. The average molecular weight is 478 g/mol. The number of benzene rings is 2. The Bertz CT molecular complexity index is 1310. The molecule has 0 bridgehead atoms. The molecule has 0 radical (unpaired) electrons. The summed E-state index contributed by atoms with van der Waals surface area (Å²) in [4.78, 5) is 36.2. The fourth-order valence-corrected chi connectivity index (χ4v) is 5.25. The van der Waals surface area contributed by atoms with Crippen molar-refractivity contribution >= 4 is 45.4 Å². The fraction of sp³-hybridized carbons (Fsp3) is 0.200. The maximum absolute atomic E-state index is 12.7. The molecule has 0 unspecified atom stereocenters. The van der Waals surface area contributed by atoms with Gasteiger partial charge in [0.2, 0.25) is 5.91 Å². The van der Waals surface area contributed by atoms with Crippen molar-refractivity contribution in [3.8, 4) is 10.6 Å². The Labute approximate surface area is 200 Å². The maximum Gasteiger partial charge on any atom is 0.350 e. The first-order valence-electron chi connectivity index (χ1n) is 10.4. The summed E-state index contributed by atoms with van der Waals surface area (Å²) in [7, 11) is 0. The number of amides is 1. The quantitative estimate of drug-likeness (QED) is 0.308. The van der Waals surface area contributed by atoms with Crippen LogP contribution in [0.3, 0.4) is 0 Å². The Hall–Kier alpha value is -3.36. The first kappa shape index (κ1) is 22.8. The number of hydrogen-bond acceptors (Lipinski definition) is 7. The number of aryl methyl sites for hydroxylation is 3. The number of nitrogens with zero attached hydrogens (tertiary/aromatic N) is 3. The van der Waals surface area contributed by atoms with E-state index < -0.39 is 5.97 Å². The second-order valence-electron chi connectivity index (χ2n) is 7.64. The minimum absolute atomic E-state index is 0.0198. The summed E-state index contributed by atoms with van der Waals surface area (Å²) < 4.78 is 5.52. The van der Waals surface area contributed by atoms with Crippen molar-refractivity contribution in [1.29, 1.82) is 0 Å². The molecule has 4 rings (SSSR count). The SMILES string of the molecule is CC(=O)N(c1nc(COC(=O)c2sc(-c3ccccc3)nc2C)cs1)c1ccc(C)cc1C. The summed E-state index contributed by atoms with van der Waals surface area (Å²) in [6.45, 7) is 7.31. The molecule has 2 heterocycles. The molecule has 0 atom stereocenters. The van der Waals surface area contributed by atoms with E-state index in [9.17, 15) is 9.59 Å². The number of carbonyl (C=O) groups is 2. The second-order valence-corrected chi connectivity index (χ2v) is 9.48. The maximum atomic E-state index is 12.7. The van der Waals surface area contributed by atoms with Crippen LogP contribution in [-0.4, -0.2) is 21.8 Å². The zero-order valence-corrected chi connectivity index (χ0v) is 20.4. The van der Waals surface area contributed by atoms with Gasteiger partial charge >= 0.3 is 5.97 Å². The molecule has 168 valence electrons. The Morgan fingerprint density at radius 2 is 1.79 bits per heavy atom. The molecular formula is C25H23N3O3S2. The van der Waals surface area contributed by atoms with Crippen molar-refractivity contribution in [2.45, 2.75) is 34.3 Å². The van der Waals surface area contributed by atoms with E-state index >= 15 is 0 Å². The van der Waals surface area contributed by atoms with Gasteiger partial charge in [0, 0.05) is 17.9 Å². The molecule has 0 aliphatic heterocycles. The predicted octanol–water partition coefficient (Wildman–Crippen LogP) is 6.23. The smallest absolute Gasteiger partial charge is 0.350 e. The zero-order valence-electron chi connectivity index (χ0n) is 18.8. The molecule has 0 spiro atoms. The van der Waals surface area contributed by atoms with E-state index in [1.54, 1.807) is 17.2 Å². The Kier molecular flexibility index (Phi) is 6.67. The van der Waals surface area contributed by atoms with Gasteiger partial charge in [-0.25, -0.2) is 14.8 Å². The van der Waals surface area contributed by atoms with Gasteiger partial charge in [-0.1, -0.05) is 48.0 Å². The summed E-state index contributed by atoms with van der Waals surface area (Å²) >= 11 is 2.65. The van der Waals surface area contributed by atoms with Crippen molar-refractivity contribution in [1.82, 2.24) is 9.97 Å². The molecule has 33 heavy (non-hydrogen) atoms. The van der Waals surface area contributed by atoms with Crippen LogP contribution in [0.15, 0.2) is 53.9 Å². The van der Waals surface area contributed by atoms with Gasteiger partial charge in [0.1, 0.15) is 16.5 Å². The molecule has 0 N–H and O–H groups in total. The number of hydrogen-bond donors (Lipinski definition) is 0. The molecule has 0 saturated heterocycles. The predicted molar refractivity (Wildman–Crippen MR) is 132 cm³/mol. The second kappa shape index (κ2) is 9.64. The van der Waals surface area contributed by atoms with Gasteiger partial charge in [0.05, 0.1) is 17.1 Å². The molecule has 0 aliphatic rings. The third kappa shape index (κ3) is 5.02. The Morgan fingerprint density at radius 3 is 2.48 bits per heavy atom.